The number of hydrogen-bond acceptors (Lipinski definition) is 2. The lowest BCUT2D eigenvalue weighted by molar-refractivity contribution is 0.218. The van der Waals surface area contributed by atoms with Crippen LogP contribution in [-0.2, 0) is 5.41 Å². The van der Waals surface area contributed by atoms with Crippen LogP contribution in [0.3, 0.4) is 0 Å². The van der Waals surface area contributed by atoms with E-state index in [0.29, 0.717) is 0 Å². The van der Waals surface area contributed by atoms with Gasteiger partial charge < -0.3 is 5.11 Å². The van der Waals surface area contributed by atoms with Crippen LogP contribution in [0.2, 0.25) is 0 Å². The molecule has 0 spiro atoms. The molecule has 74 valence electrons. The molecule has 0 aromatic heterocycles. The van der Waals surface area contributed by atoms with Gasteiger partial charge in [0.2, 0.25) is 0 Å². The van der Waals surface area contributed by atoms with Crippen molar-refractivity contribution in [2.24, 2.45) is 0 Å². The lowest BCUT2D eigenvalue weighted by Crippen LogP contribution is -2.22. The van der Waals surface area contributed by atoms with Crippen LogP contribution in [0, 0.1) is 17.1 Å². The highest BCUT2D eigenvalue weighted by Crippen LogP contribution is 2.24. The first kappa shape index (κ1) is 10.7. The predicted octanol–water partition coefficient (Wildman–Crippen LogP) is 1.97. The summed E-state index contributed by atoms with van der Waals surface area (Å²) < 4.78 is 13.0. The quantitative estimate of drug-likeness (QED) is 0.780. The number of aliphatic hydroxyl groups is 1. The van der Waals surface area contributed by atoms with E-state index in [1.54, 1.807) is 12.1 Å². The van der Waals surface area contributed by atoms with Gasteiger partial charge in [-0.2, -0.15) is 5.26 Å². The monoisotopic (exact) mass is 193 g/mol. The maximum absolute atomic E-state index is 13.0. The molecule has 0 heterocycles. The largest absolute Gasteiger partial charge is 0.395 e. The summed E-state index contributed by atoms with van der Waals surface area (Å²) in [6, 6.07) is 6.10. The fourth-order valence-electron chi connectivity index (χ4n) is 1.12. The Labute approximate surface area is 82.6 Å². The molecule has 1 rings (SSSR count). The van der Waals surface area contributed by atoms with Crippen LogP contribution < -0.4 is 0 Å². The Balaban J connectivity index is 3.21. The molecule has 3 heteroatoms. The summed E-state index contributed by atoms with van der Waals surface area (Å²) in [5.74, 6) is -0.523. The lowest BCUT2D eigenvalue weighted by atomic mass is 9.85. The van der Waals surface area contributed by atoms with Gasteiger partial charge in [0.05, 0.1) is 12.2 Å². The molecule has 0 aliphatic heterocycles. The maximum Gasteiger partial charge on any atom is 0.140 e. The van der Waals surface area contributed by atoms with Gasteiger partial charge in [0, 0.05) is 5.41 Å². The Bertz CT molecular complexity index is 379. The first-order chi connectivity index (χ1) is 6.51. The van der Waals surface area contributed by atoms with Crippen LogP contribution >= 0.6 is 0 Å². The second kappa shape index (κ2) is 3.77. The third-order valence-electron chi connectivity index (χ3n) is 2.26. The fraction of sp³-hybridized carbons (Fsp3) is 0.364. The second-order valence-corrected chi connectivity index (χ2v) is 3.85. The van der Waals surface area contributed by atoms with E-state index in [2.05, 4.69) is 0 Å². The van der Waals surface area contributed by atoms with Gasteiger partial charge in [0.1, 0.15) is 11.9 Å². The smallest absolute Gasteiger partial charge is 0.140 e. The molecule has 0 aliphatic carbocycles. The van der Waals surface area contributed by atoms with Crippen LogP contribution in [0.25, 0.3) is 0 Å². The van der Waals surface area contributed by atoms with Gasteiger partial charge in [-0.25, -0.2) is 4.39 Å². The van der Waals surface area contributed by atoms with E-state index in [1.165, 1.54) is 12.1 Å². The third-order valence-corrected chi connectivity index (χ3v) is 2.26. The molecule has 0 bridgehead atoms. The summed E-state index contributed by atoms with van der Waals surface area (Å²) in [5, 5.41) is 17.7. The van der Waals surface area contributed by atoms with Gasteiger partial charge in [-0.3, -0.25) is 0 Å². The molecule has 0 radical (unpaired) electrons. The van der Waals surface area contributed by atoms with Crippen LogP contribution in [0.5, 0.6) is 0 Å². The van der Waals surface area contributed by atoms with Crippen molar-refractivity contribution in [1.82, 2.24) is 0 Å². The molecule has 1 aromatic carbocycles. The van der Waals surface area contributed by atoms with Crippen molar-refractivity contribution in [3.8, 4) is 6.07 Å². The Morgan fingerprint density at radius 2 is 2.14 bits per heavy atom. The first-order valence-electron chi connectivity index (χ1n) is 4.32. The Morgan fingerprint density at radius 1 is 1.50 bits per heavy atom. The van der Waals surface area contributed by atoms with E-state index in [-0.39, 0.29) is 12.2 Å². The molecule has 1 aromatic rings. The Hall–Kier alpha value is -1.40. The zero-order valence-corrected chi connectivity index (χ0v) is 8.21. The molecule has 0 saturated carbocycles. The molecule has 0 aliphatic rings. The zero-order chi connectivity index (χ0) is 10.8. The fourth-order valence-corrected chi connectivity index (χ4v) is 1.12. The van der Waals surface area contributed by atoms with E-state index >= 15 is 0 Å². The van der Waals surface area contributed by atoms with Gasteiger partial charge >= 0.3 is 0 Å². The number of nitrogens with zero attached hydrogens (tertiary/aromatic N) is 1. The van der Waals surface area contributed by atoms with Crippen LogP contribution in [0.15, 0.2) is 18.2 Å². The topological polar surface area (TPSA) is 44.0 Å². The Kier molecular flexibility index (Phi) is 2.87. The minimum absolute atomic E-state index is 0.0176. The molecular weight excluding hydrogens is 181 g/mol. The van der Waals surface area contributed by atoms with Crippen molar-refractivity contribution >= 4 is 0 Å². The molecule has 0 fully saturated rings. The SMILES string of the molecule is CC(C)(CO)c1ccc(F)c(C#N)c1. The molecule has 0 saturated heterocycles. The summed E-state index contributed by atoms with van der Waals surface area (Å²) in [6.07, 6.45) is 0. The normalized spacial score (nSPS) is 11.1. The van der Waals surface area contributed by atoms with Crippen LogP contribution in [-0.4, -0.2) is 11.7 Å². The number of halogens is 1. The van der Waals surface area contributed by atoms with E-state index in [9.17, 15) is 4.39 Å². The number of benzene rings is 1. The summed E-state index contributed by atoms with van der Waals surface area (Å²) in [4.78, 5) is 0. The molecule has 1 N–H and O–H groups in total. The summed E-state index contributed by atoms with van der Waals surface area (Å²) in [6.45, 7) is 3.63. The van der Waals surface area contributed by atoms with Crippen LogP contribution in [0.1, 0.15) is 25.0 Å². The average Bonchev–Trinajstić information content (AvgIpc) is 2.18. The minimum atomic E-state index is -0.523. The molecular formula is C11H12FNO. The van der Waals surface area contributed by atoms with Gasteiger partial charge in [-0.15, -0.1) is 0 Å². The highest BCUT2D eigenvalue weighted by atomic mass is 19.1. The standard InChI is InChI=1S/C11H12FNO/c1-11(2,7-14)9-3-4-10(12)8(5-9)6-13/h3-5,14H,7H2,1-2H3. The van der Waals surface area contributed by atoms with Crippen LogP contribution in [0.4, 0.5) is 4.39 Å². The number of nitriles is 1. The Morgan fingerprint density at radius 3 is 2.64 bits per heavy atom. The van der Waals surface area contributed by atoms with Gasteiger partial charge in [0.25, 0.3) is 0 Å². The number of rotatable bonds is 2. The van der Waals surface area contributed by atoms with E-state index in [0.717, 1.165) is 5.56 Å². The van der Waals surface area contributed by atoms with E-state index in [1.807, 2.05) is 13.8 Å². The number of hydrogen-bond donors (Lipinski definition) is 1. The summed E-state index contributed by atoms with van der Waals surface area (Å²) in [7, 11) is 0. The van der Waals surface area contributed by atoms with Crippen molar-refractivity contribution in [3.05, 3.63) is 35.1 Å². The van der Waals surface area contributed by atoms with Crippen molar-refractivity contribution < 1.29 is 9.50 Å². The maximum atomic E-state index is 13.0. The van der Waals surface area contributed by atoms with Crippen molar-refractivity contribution in [3.63, 3.8) is 0 Å². The molecule has 2 nitrogen and oxygen atoms in total. The van der Waals surface area contributed by atoms with Gasteiger partial charge in [-0.1, -0.05) is 19.9 Å². The summed E-state index contributed by atoms with van der Waals surface area (Å²) >= 11 is 0. The molecule has 0 atom stereocenters. The van der Waals surface area contributed by atoms with Gasteiger partial charge in [-0.05, 0) is 17.7 Å². The van der Waals surface area contributed by atoms with Crippen molar-refractivity contribution in [2.75, 3.05) is 6.61 Å². The molecule has 14 heavy (non-hydrogen) atoms. The predicted molar refractivity (Wildman–Crippen MR) is 51.2 cm³/mol. The molecule has 0 unspecified atom stereocenters. The zero-order valence-electron chi connectivity index (χ0n) is 8.21. The van der Waals surface area contributed by atoms with Crippen molar-refractivity contribution in [1.29, 1.82) is 5.26 Å². The summed E-state index contributed by atoms with van der Waals surface area (Å²) in [5.41, 5.74) is 0.334. The lowest BCUT2D eigenvalue weighted by Gasteiger charge is -2.22. The van der Waals surface area contributed by atoms with E-state index in [4.69, 9.17) is 10.4 Å². The highest BCUT2D eigenvalue weighted by Gasteiger charge is 2.20. The first-order valence-corrected chi connectivity index (χ1v) is 4.32. The highest BCUT2D eigenvalue weighted by molar-refractivity contribution is 5.37. The number of aliphatic hydroxyl groups excluding tert-OH is 1. The third kappa shape index (κ3) is 1.91. The average molecular weight is 193 g/mol. The molecule has 0 amide bonds. The van der Waals surface area contributed by atoms with E-state index < -0.39 is 11.2 Å². The minimum Gasteiger partial charge on any atom is -0.395 e. The van der Waals surface area contributed by atoms with Gasteiger partial charge in [0.15, 0.2) is 0 Å². The van der Waals surface area contributed by atoms with Crippen molar-refractivity contribution in [2.45, 2.75) is 19.3 Å². The second-order valence-electron chi connectivity index (χ2n) is 3.85.